The number of rotatable bonds is 5. The Balaban J connectivity index is 2.81. The largest absolute Gasteiger partial charge is 0.426 e. The predicted octanol–water partition coefficient (Wildman–Crippen LogP) is 1.38. The predicted molar refractivity (Wildman–Crippen MR) is 66.6 cm³/mol. The van der Waals surface area contributed by atoms with E-state index in [2.05, 4.69) is 5.32 Å². The Morgan fingerprint density at radius 2 is 2.00 bits per heavy atom. The standard InChI is InChI=1S/C13H17NO4/c1-9(8-17-3)14-13(16)11-6-4-5-7-12(11)18-10(2)15/h4-7,9H,8H2,1-3H3,(H,14,16)/t9-/m1/s1. The lowest BCUT2D eigenvalue weighted by Gasteiger charge is -2.14. The highest BCUT2D eigenvalue weighted by atomic mass is 16.5. The first kappa shape index (κ1) is 14.2. The highest BCUT2D eigenvalue weighted by molar-refractivity contribution is 5.97. The molecule has 0 aromatic heterocycles. The van der Waals surface area contributed by atoms with Gasteiger partial charge in [-0.05, 0) is 19.1 Å². The van der Waals surface area contributed by atoms with E-state index in [1.54, 1.807) is 31.4 Å². The van der Waals surface area contributed by atoms with Crippen LogP contribution in [0.1, 0.15) is 24.2 Å². The molecular weight excluding hydrogens is 234 g/mol. The molecule has 0 heterocycles. The number of amides is 1. The molecule has 1 rings (SSSR count). The van der Waals surface area contributed by atoms with Crippen LogP contribution >= 0.6 is 0 Å². The normalized spacial score (nSPS) is 11.7. The fourth-order valence-corrected chi connectivity index (χ4v) is 1.49. The Morgan fingerprint density at radius 1 is 1.33 bits per heavy atom. The monoisotopic (exact) mass is 251 g/mol. The summed E-state index contributed by atoms with van der Waals surface area (Å²) in [6, 6.07) is 6.48. The van der Waals surface area contributed by atoms with Crippen LogP contribution in [-0.2, 0) is 9.53 Å². The Bertz CT molecular complexity index is 431. The van der Waals surface area contributed by atoms with E-state index in [0.29, 0.717) is 12.2 Å². The molecule has 1 atom stereocenters. The van der Waals surface area contributed by atoms with Crippen molar-refractivity contribution in [2.75, 3.05) is 13.7 Å². The summed E-state index contributed by atoms with van der Waals surface area (Å²) in [4.78, 5) is 22.9. The van der Waals surface area contributed by atoms with Gasteiger partial charge < -0.3 is 14.8 Å². The molecule has 0 saturated carbocycles. The molecule has 5 nitrogen and oxygen atoms in total. The van der Waals surface area contributed by atoms with E-state index in [4.69, 9.17) is 9.47 Å². The molecule has 0 aliphatic rings. The SMILES string of the molecule is COC[C@@H](C)NC(=O)c1ccccc1OC(C)=O. The second-order valence-electron chi connectivity index (χ2n) is 3.92. The molecule has 98 valence electrons. The Labute approximate surface area is 106 Å². The third-order valence-electron chi connectivity index (χ3n) is 2.18. The molecule has 18 heavy (non-hydrogen) atoms. The van der Waals surface area contributed by atoms with Crippen molar-refractivity contribution in [2.45, 2.75) is 19.9 Å². The summed E-state index contributed by atoms with van der Waals surface area (Å²) in [7, 11) is 1.56. The first-order valence-corrected chi connectivity index (χ1v) is 5.62. The fraction of sp³-hybridized carbons (Fsp3) is 0.385. The summed E-state index contributed by atoms with van der Waals surface area (Å²) in [6.07, 6.45) is 0. The maximum absolute atomic E-state index is 12.0. The summed E-state index contributed by atoms with van der Waals surface area (Å²) in [6.45, 7) is 3.54. The molecule has 0 aliphatic carbocycles. The minimum atomic E-state index is -0.458. The molecule has 1 aromatic rings. The van der Waals surface area contributed by atoms with Crippen LogP contribution < -0.4 is 10.1 Å². The molecule has 1 amide bonds. The van der Waals surface area contributed by atoms with Gasteiger partial charge in [-0.25, -0.2) is 0 Å². The summed E-state index contributed by atoms with van der Waals surface area (Å²) in [5.74, 6) is -0.497. The van der Waals surface area contributed by atoms with Crippen molar-refractivity contribution >= 4 is 11.9 Å². The van der Waals surface area contributed by atoms with Crippen molar-refractivity contribution in [3.63, 3.8) is 0 Å². The summed E-state index contributed by atoms with van der Waals surface area (Å²) in [5, 5.41) is 2.76. The molecule has 0 bridgehead atoms. The molecule has 1 N–H and O–H groups in total. The van der Waals surface area contributed by atoms with Gasteiger partial charge in [0.1, 0.15) is 5.75 Å². The van der Waals surface area contributed by atoms with Crippen LogP contribution in [-0.4, -0.2) is 31.6 Å². The van der Waals surface area contributed by atoms with Gasteiger partial charge >= 0.3 is 5.97 Å². The summed E-state index contributed by atoms with van der Waals surface area (Å²) in [5.41, 5.74) is 0.329. The average molecular weight is 251 g/mol. The number of carbonyl (C=O) groups is 2. The van der Waals surface area contributed by atoms with Crippen LogP contribution in [0.2, 0.25) is 0 Å². The van der Waals surface area contributed by atoms with Crippen LogP contribution in [0.5, 0.6) is 5.75 Å². The van der Waals surface area contributed by atoms with Crippen LogP contribution in [0.3, 0.4) is 0 Å². The highest BCUT2D eigenvalue weighted by Crippen LogP contribution is 2.18. The zero-order valence-corrected chi connectivity index (χ0v) is 10.7. The van der Waals surface area contributed by atoms with Gasteiger partial charge in [-0.1, -0.05) is 12.1 Å². The van der Waals surface area contributed by atoms with Crippen LogP contribution in [0.15, 0.2) is 24.3 Å². The van der Waals surface area contributed by atoms with Gasteiger partial charge in [-0.15, -0.1) is 0 Å². The number of nitrogens with one attached hydrogen (secondary N) is 1. The lowest BCUT2D eigenvalue weighted by Crippen LogP contribution is -2.35. The van der Waals surface area contributed by atoms with Crippen LogP contribution in [0.25, 0.3) is 0 Å². The molecule has 1 aromatic carbocycles. The maximum Gasteiger partial charge on any atom is 0.308 e. The van der Waals surface area contributed by atoms with E-state index >= 15 is 0 Å². The van der Waals surface area contributed by atoms with Gasteiger partial charge in [-0.2, -0.15) is 0 Å². The number of carbonyl (C=O) groups excluding carboxylic acids is 2. The van der Waals surface area contributed by atoms with Gasteiger partial charge in [0.2, 0.25) is 0 Å². The summed E-state index contributed by atoms with van der Waals surface area (Å²) < 4.78 is 9.91. The van der Waals surface area contributed by atoms with E-state index < -0.39 is 5.97 Å². The lowest BCUT2D eigenvalue weighted by molar-refractivity contribution is -0.131. The number of hydrogen-bond acceptors (Lipinski definition) is 4. The Morgan fingerprint density at radius 3 is 2.61 bits per heavy atom. The van der Waals surface area contributed by atoms with Gasteiger partial charge in [0, 0.05) is 20.1 Å². The smallest absolute Gasteiger partial charge is 0.308 e. The number of benzene rings is 1. The van der Waals surface area contributed by atoms with Crippen molar-refractivity contribution in [1.82, 2.24) is 5.32 Å². The molecular formula is C13H17NO4. The minimum Gasteiger partial charge on any atom is -0.426 e. The van der Waals surface area contributed by atoms with E-state index in [1.165, 1.54) is 6.92 Å². The highest BCUT2D eigenvalue weighted by Gasteiger charge is 2.15. The van der Waals surface area contributed by atoms with E-state index in [9.17, 15) is 9.59 Å². The van der Waals surface area contributed by atoms with Crippen LogP contribution in [0, 0.1) is 0 Å². The van der Waals surface area contributed by atoms with E-state index in [-0.39, 0.29) is 17.7 Å². The zero-order valence-electron chi connectivity index (χ0n) is 10.7. The third-order valence-corrected chi connectivity index (χ3v) is 2.18. The zero-order chi connectivity index (χ0) is 13.5. The van der Waals surface area contributed by atoms with Crippen molar-refractivity contribution in [1.29, 1.82) is 0 Å². The molecule has 0 unspecified atom stereocenters. The first-order valence-electron chi connectivity index (χ1n) is 5.62. The van der Waals surface area contributed by atoms with Crippen LogP contribution in [0.4, 0.5) is 0 Å². The fourth-order valence-electron chi connectivity index (χ4n) is 1.49. The average Bonchev–Trinajstić information content (AvgIpc) is 2.28. The molecule has 0 saturated heterocycles. The van der Waals surface area contributed by atoms with Gasteiger partial charge in [0.05, 0.1) is 12.2 Å². The number of esters is 1. The molecule has 0 radical (unpaired) electrons. The first-order chi connectivity index (χ1) is 8.54. The molecule has 5 heteroatoms. The minimum absolute atomic E-state index is 0.118. The Hall–Kier alpha value is -1.88. The number of para-hydroxylation sites is 1. The van der Waals surface area contributed by atoms with E-state index in [1.807, 2.05) is 6.92 Å². The number of ether oxygens (including phenoxy) is 2. The maximum atomic E-state index is 12.0. The third kappa shape index (κ3) is 4.18. The second kappa shape index (κ2) is 6.76. The van der Waals surface area contributed by atoms with Crippen molar-refractivity contribution in [3.8, 4) is 5.75 Å². The van der Waals surface area contributed by atoms with Gasteiger partial charge in [-0.3, -0.25) is 9.59 Å². The van der Waals surface area contributed by atoms with Crippen molar-refractivity contribution < 1.29 is 19.1 Å². The topological polar surface area (TPSA) is 64.6 Å². The van der Waals surface area contributed by atoms with Gasteiger partial charge in [0.25, 0.3) is 5.91 Å². The van der Waals surface area contributed by atoms with Gasteiger partial charge in [0.15, 0.2) is 0 Å². The summed E-state index contributed by atoms with van der Waals surface area (Å²) >= 11 is 0. The second-order valence-corrected chi connectivity index (χ2v) is 3.92. The Kier molecular flexibility index (Phi) is 5.32. The lowest BCUT2D eigenvalue weighted by atomic mass is 10.1. The quantitative estimate of drug-likeness (QED) is 0.634. The number of methoxy groups -OCH3 is 1. The van der Waals surface area contributed by atoms with Crippen molar-refractivity contribution in [2.24, 2.45) is 0 Å². The molecule has 0 fully saturated rings. The van der Waals surface area contributed by atoms with E-state index in [0.717, 1.165) is 0 Å². The van der Waals surface area contributed by atoms with Crippen molar-refractivity contribution in [3.05, 3.63) is 29.8 Å². The molecule has 0 aliphatic heterocycles. The number of hydrogen-bond donors (Lipinski definition) is 1. The molecule has 0 spiro atoms.